The monoisotopic (exact) mass is 359 g/mol. The zero-order chi connectivity index (χ0) is 16.0. The van der Waals surface area contributed by atoms with Gasteiger partial charge in [0.05, 0.1) is 5.56 Å². The van der Waals surface area contributed by atoms with E-state index in [4.69, 9.17) is 5.11 Å². The summed E-state index contributed by atoms with van der Waals surface area (Å²) in [5.41, 5.74) is -0.0591. The average molecular weight is 360 g/mol. The van der Waals surface area contributed by atoms with Crippen LogP contribution in [-0.2, 0) is 4.79 Å². The highest BCUT2D eigenvalue weighted by molar-refractivity contribution is 9.10. The van der Waals surface area contributed by atoms with Crippen LogP contribution in [0.15, 0.2) is 22.7 Å². The van der Waals surface area contributed by atoms with E-state index in [-0.39, 0.29) is 24.4 Å². The quantitative estimate of drug-likeness (QED) is 0.783. The number of amides is 1. The van der Waals surface area contributed by atoms with Gasteiger partial charge < -0.3 is 10.4 Å². The molecular weight excluding hydrogens is 341 g/mol. The number of carboxylic acids is 1. The summed E-state index contributed by atoms with van der Waals surface area (Å²) >= 11 is 3.14. The van der Waals surface area contributed by atoms with Gasteiger partial charge in [-0.1, -0.05) is 19.9 Å². The van der Waals surface area contributed by atoms with Crippen LogP contribution in [0.5, 0.6) is 0 Å². The van der Waals surface area contributed by atoms with E-state index in [0.29, 0.717) is 16.8 Å². The van der Waals surface area contributed by atoms with Crippen molar-refractivity contribution in [1.29, 1.82) is 0 Å². The van der Waals surface area contributed by atoms with Gasteiger partial charge in [-0.25, -0.2) is 4.39 Å². The van der Waals surface area contributed by atoms with E-state index in [0.717, 1.165) is 0 Å². The second-order valence-corrected chi connectivity index (χ2v) is 6.25. The first kappa shape index (κ1) is 17.6. The van der Waals surface area contributed by atoms with Crippen molar-refractivity contribution in [3.63, 3.8) is 0 Å². The number of carbonyl (C=O) groups is 2. The predicted octanol–water partition coefficient (Wildman–Crippen LogP) is 3.46. The third kappa shape index (κ3) is 5.83. The second kappa shape index (κ2) is 8.12. The van der Waals surface area contributed by atoms with Crippen molar-refractivity contribution < 1.29 is 19.1 Å². The van der Waals surface area contributed by atoms with E-state index in [1.807, 2.05) is 13.8 Å². The first-order valence-corrected chi connectivity index (χ1v) is 7.54. The van der Waals surface area contributed by atoms with Crippen molar-refractivity contribution in [2.24, 2.45) is 11.8 Å². The standard InChI is InChI=1S/C15H19BrFNO3/c1-9(2)6-10(7-13(19)20)8-18-15(21)14-11(16)4-3-5-12(14)17/h3-5,9-10H,6-8H2,1-2H3,(H,18,21)(H,19,20)/t10-/m0/s1. The number of hydrogen-bond acceptors (Lipinski definition) is 2. The number of carboxylic acid groups (broad SMARTS) is 1. The summed E-state index contributed by atoms with van der Waals surface area (Å²) < 4.78 is 14.0. The normalized spacial score (nSPS) is 12.2. The molecule has 21 heavy (non-hydrogen) atoms. The van der Waals surface area contributed by atoms with Crippen LogP contribution >= 0.6 is 15.9 Å². The van der Waals surface area contributed by atoms with E-state index >= 15 is 0 Å². The lowest BCUT2D eigenvalue weighted by Gasteiger charge is -2.18. The fourth-order valence-electron chi connectivity index (χ4n) is 2.19. The molecule has 0 heterocycles. The van der Waals surface area contributed by atoms with Gasteiger partial charge in [0.2, 0.25) is 0 Å². The van der Waals surface area contributed by atoms with Crippen LogP contribution in [0.3, 0.4) is 0 Å². The Hall–Kier alpha value is -1.43. The highest BCUT2D eigenvalue weighted by Gasteiger charge is 2.19. The van der Waals surface area contributed by atoms with Crippen molar-refractivity contribution in [2.45, 2.75) is 26.7 Å². The van der Waals surface area contributed by atoms with Gasteiger partial charge in [-0.15, -0.1) is 0 Å². The van der Waals surface area contributed by atoms with Crippen LogP contribution in [0.4, 0.5) is 4.39 Å². The summed E-state index contributed by atoms with van der Waals surface area (Å²) in [7, 11) is 0. The van der Waals surface area contributed by atoms with Gasteiger partial charge in [0.25, 0.3) is 5.91 Å². The van der Waals surface area contributed by atoms with Crippen LogP contribution in [0.2, 0.25) is 0 Å². The number of nitrogens with one attached hydrogen (secondary N) is 1. The molecule has 0 unspecified atom stereocenters. The fraction of sp³-hybridized carbons (Fsp3) is 0.467. The topological polar surface area (TPSA) is 66.4 Å². The number of aliphatic carboxylic acids is 1. The minimum Gasteiger partial charge on any atom is -0.481 e. The zero-order valence-corrected chi connectivity index (χ0v) is 13.6. The molecule has 1 aromatic rings. The van der Waals surface area contributed by atoms with E-state index < -0.39 is 17.7 Å². The molecule has 0 aliphatic rings. The van der Waals surface area contributed by atoms with Gasteiger partial charge in [0.1, 0.15) is 5.82 Å². The molecule has 0 bridgehead atoms. The lowest BCUT2D eigenvalue weighted by atomic mass is 9.94. The fourth-order valence-corrected chi connectivity index (χ4v) is 2.71. The van der Waals surface area contributed by atoms with Gasteiger partial charge in [0.15, 0.2) is 0 Å². The maximum Gasteiger partial charge on any atom is 0.303 e. The molecule has 0 spiro atoms. The Morgan fingerprint density at radius 1 is 1.38 bits per heavy atom. The number of halogens is 2. The molecule has 1 aromatic carbocycles. The van der Waals surface area contributed by atoms with Crippen LogP contribution in [0.25, 0.3) is 0 Å². The van der Waals surface area contributed by atoms with Gasteiger partial charge in [-0.3, -0.25) is 9.59 Å². The Balaban J connectivity index is 2.70. The summed E-state index contributed by atoms with van der Waals surface area (Å²) in [6.07, 6.45) is 0.669. The highest BCUT2D eigenvalue weighted by atomic mass is 79.9. The summed E-state index contributed by atoms with van der Waals surface area (Å²) in [6, 6.07) is 4.30. The third-order valence-electron chi connectivity index (χ3n) is 3.01. The van der Waals surface area contributed by atoms with Gasteiger partial charge >= 0.3 is 5.97 Å². The predicted molar refractivity (Wildman–Crippen MR) is 81.6 cm³/mol. The van der Waals surface area contributed by atoms with Crippen LogP contribution < -0.4 is 5.32 Å². The summed E-state index contributed by atoms with van der Waals surface area (Å²) in [5, 5.41) is 11.5. The number of rotatable bonds is 7. The maximum absolute atomic E-state index is 13.7. The van der Waals surface area contributed by atoms with Crippen molar-refractivity contribution in [3.05, 3.63) is 34.1 Å². The van der Waals surface area contributed by atoms with Crippen LogP contribution in [-0.4, -0.2) is 23.5 Å². The molecule has 0 aliphatic heterocycles. The molecule has 0 fully saturated rings. The lowest BCUT2D eigenvalue weighted by molar-refractivity contribution is -0.138. The first-order valence-electron chi connectivity index (χ1n) is 6.75. The van der Waals surface area contributed by atoms with Gasteiger partial charge in [-0.2, -0.15) is 0 Å². The molecule has 0 saturated heterocycles. The molecule has 0 saturated carbocycles. The van der Waals surface area contributed by atoms with E-state index in [1.165, 1.54) is 12.1 Å². The van der Waals surface area contributed by atoms with Crippen molar-refractivity contribution in [2.75, 3.05) is 6.54 Å². The lowest BCUT2D eigenvalue weighted by Crippen LogP contribution is -2.31. The molecule has 4 nitrogen and oxygen atoms in total. The SMILES string of the molecule is CC(C)C[C@H](CNC(=O)c1c(F)cccc1Br)CC(=O)O. The number of benzene rings is 1. The van der Waals surface area contributed by atoms with Crippen molar-refractivity contribution >= 4 is 27.8 Å². The molecule has 0 aromatic heterocycles. The van der Waals surface area contributed by atoms with Gasteiger partial charge in [-0.05, 0) is 46.3 Å². The molecule has 6 heteroatoms. The molecule has 0 aliphatic carbocycles. The Bertz CT molecular complexity index is 499. The number of hydrogen-bond donors (Lipinski definition) is 2. The molecule has 2 N–H and O–H groups in total. The largest absolute Gasteiger partial charge is 0.481 e. The Labute approximate surface area is 131 Å². The number of carbonyl (C=O) groups excluding carboxylic acids is 1. The van der Waals surface area contributed by atoms with E-state index in [2.05, 4.69) is 21.2 Å². The molecule has 1 atom stereocenters. The average Bonchev–Trinajstić information content (AvgIpc) is 2.34. The molecule has 1 amide bonds. The Kier molecular flexibility index (Phi) is 6.81. The first-order chi connectivity index (χ1) is 9.81. The summed E-state index contributed by atoms with van der Waals surface area (Å²) in [4.78, 5) is 22.9. The Morgan fingerprint density at radius 2 is 2.05 bits per heavy atom. The molecular formula is C15H19BrFNO3. The van der Waals surface area contributed by atoms with Gasteiger partial charge in [0, 0.05) is 17.4 Å². The summed E-state index contributed by atoms with van der Waals surface area (Å²) in [6.45, 7) is 4.19. The minimum atomic E-state index is -0.901. The third-order valence-corrected chi connectivity index (χ3v) is 3.67. The van der Waals surface area contributed by atoms with Crippen LogP contribution in [0.1, 0.15) is 37.0 Å². The maximum atomic E-state index is 13.7. The second-order valence-electron chi connectivity index (χ2n) is 5.40. The molecule has 1 rings (SSSR count). The highest BCUT2D eigenvalue weighted by Crippen LogP contribution is 2.20. The summed E-state index contributed by atoms with van der Waals surface area (Å²) in [5.74, 6) is -1.90. The zero-order valence-electron chi connectivity index (χ0n) is 12.0. The van der Waals surface area contributed by atoms with Crippen LogP contribution in [0, 0.1) is 17.7 Å². The van der Waals surface area contributed by atoms with Crippen molar-refractivity contribution in [3.8, 4) is 0 Å². The Morgan fingerprint density at radius 3 is 2.57 bits per heavy atom. The van der Waals surface area contributed by atoms with E-state index in [9.17, 15) is 14.0 Å². The van der Waals surface area contributed by atoms with E-state index in [1.54, 1.807) is 6.07 Å². The van der Waals surface area contributed by atoms with Crippen molar-refractivity contribution in [1.82, 2.24) is 5.32 Å². The minimum absolute atomic E-state index is 0.0170. The smallest absolute Gasteiger partial charge is 0.303 e. The molecule has 116 valence electrons. The molecule has 0 radical (unpaired) electrons.